The van der Waals surface area contributed by atoms with Gasteiger partial charge in [-0.15, -0.1) is 0 Å². The highest BCUT2D eigenvalue weighted by Crippen LogP contribution is 2.47. The maximum Gasteiger partial charge on any atom is 0.124 e. The lowest BCUT2D eigenvalue weighted by atomic mass is 9.80. The standard InChI is InChI=1S/C22H35N3O/c1-14-12-22(5,6)16-13-23-19(15-10-8-9-11-17(15)26-7)20(24-18(14)16)25-21(2,3)4/h8-11,14,16,18-19,23H,12-13H2,1-7H3,(H,24,25). The summed E-state index contributed by atoms with van der Waals surface area (Å²) in [6.45, 7) is 14.6. The van der Waals surface area contributed by atoms with E-state index in [-0.39, 0.29) is 11.6 Å². The van der Waals surface area contributed by atoms with Crippen LogP contribution in [0.15, 0.2) is 29.3 Å². The summed E-state index contributed by atoms with van der Waals surface area (Å²) in [6.07, 6.45) is 1.25. The zero-order valence-electron chi connectivity index (χ0n) is 17.4. The monoisotopic (exact) mass is 357 g/mol. The number of aliphatic imine (C=N–C) groups is 1. The van der Waals surface area contributed by atoms with Gasteiger partial charge in [-0.25, -0.2) is 0 Å². The molecule has 4 atom stereocenters. The molecule has 1 aliphatic carbocycles. The van der Waals surface area contributed by atoms with E-state index in [9.17, 15) is 0 Å². The van der Waals surface area contributed by atoms with E-state index < -0.39 is 0 Å². The second kappa shape index (κ2) is 6.88. The minimum Gasteiger partial charge on any atom is -0.496 e. The molecule has 1 aliphatic heterocycles. The Hall–Kier alpha value is -1.55. The van der Waals surface area contributed by atoms with E-state index in [0.717, 1.165) is 23.7 Å². The fourth-order valence-corrected chi connectivity index (χ4v) is 4.85. The topological polar surface area (TPSA) is 45.6 Å². The molecular weight excluding hydrogens is 322 g/mol. The van der Waals surface area contributed by atoms with Crippen LogP contribution in [-0.2, 0) is 0 Å². The average Bonchev–Trinajstić information content (AvgIpc) is 2.69. The van der Waals surface area contributed by atoms with Crippen molar-refractivity contribution in [2.45, 2.75) is 65.6 Å². The Labute approximate surface area is 158 Å². The highest BCUT2D eigenvalue weighted by Gasteiger charge is 2.48. The van der Waals surface area contributed by atoms with E-state index in [0.29, 0.717) is 23.3 Å². The smallest absolute Gasteiger partial charge is 0.124 e. The van der Waals surface area contributed by atoms with Gasteiger partial charge in [0.2, 0.25) is 0 Å². The molecule has 1 aromatic carbocycles. The number of methoxy groups -OCH3 is 1. The van der Waals surface area contributed by atoms with Crippen LogP contribution in [0.4, 0.5) is 0 Å². The van der Waals surface area contributed by atoms with Crippen molar-refractivity contribution in [2.75, 3.05) is 13.7 Å². The van der Waals surface area contributed by atoms with Crippen LogP contribution in [0.2, 0.25) is 0 Å². The summed E-state index contributed by atoms with van der Waals surface area (Å²) >= 11 is 0. The van der Waals surface area contributed by atoms with E-state index in [1.54, 1.807) is 7.11 Å². The highest BCUT2D eigenvalue weighted by atomic mass is 16.5. The molecule has 1 heterocycles. The molecule has 1 saturated carbocycles. The molecular formula is C22H35N3O. The molecule has 0 bridgehead atoms. The SMILES string of the molecule is COc1ccccc1C1NCC2C(N/C1=N\C(C)(C)C)C(C)CC2(C)C. The molecule has 2 aliphatic rings. The van der Waals surface area contributed by atoms with Gasteiger partial charge in [0.1, 0.15) is 11.6 Å². The molecule has 26 heavy (non-hydrogen) atoms. The Bertz CT molecular complexity index is 674. The zero-order valence-corrected chi connectivity index (χ0v) is 17.4. The number of fused-ring (bicyclic) bond motifs is 1. The third kappa shape index (κ3) is 3.75. The van der Waals surface area contributed by atoms with Gasteiger partial charge < -0.3 is 15.4 Å². The van der Waals surface area contributed by atoms with Crippen molar-refractivity contribution in [3.05, 3.63) is 29.8 Å². The number of hydrogen-bond acceptors (Lipinski definition) is 3. The van der Waals surface area contributed by atoms with Gasteiger partial charge in [0.25, 0.3) is 0 Å². The van der Waals surface area contributed by atoms with Crippen molar-refractivity contribution >= 4 is 5.84 Å². The van der Waals surface area contributed by atoms with Crippen LogP contribution < -0.4 is 15.4 Å². The Morgan fingerprint density at radius 2 is 1.88 bits per heavy atom. The first-order valence-corrected chi connectivity index (χ1v) is 9.85. The minimum atomic E-state index is -0.137. The highest BCUT2D eigenvalue weighted by molar-refractivity contribution is 5.90. The molecule has 2 fully saturated rings. The van der Waals surface area contributed by atoms with Crippen molar-refractivity contribution in [2.24, 2.45) is 22.2 Å². The first-order valence-electron chi connectivity index (χ1n) is 9.85. The van der Waals surface area contributed by atoms with Crippen LogP contribution in [0.3, 0.4) is 0 Å². The Morgan fingerprint density at radius 3 is 2.54 bits per heavy atom. The van der Waals surface area contributed by atoms with Crippen molar-refractivity contribution in [1.82, 2.24) is 10.6 Å². The lowest BCUT2D eigenvalue weighted by Crippen LogP contribution is -2.43. The van der Waals surface area contributed by atoms with Crippen LogP contribution in [0.5, 0.6) is 5.75 Å². The van der Waals surface area contributed by atoms with Crippen molar-refractivity contribution < 1.29 is 4.74 Å². The number of rotatable bonds is 2. The normalized spacial score (nSPS) is 32.7. The van der Waals surface area contributed by atoms with Crippen molar-refractivity contribution in [3.63, 3.8) is 0 Å². The summed E-state index contributed by atoms with van der Waals surface area (Å²) in [5.74, 6) is 3.17. The Morgan fingerprint density at radius 1 is 1.19 bits per heavy atom. The quantitative estimate of drug-likeness (QED) is 0.835. The molecule has 3 rings (SSSR count). The molecule has 4 unspecified atom stereocenters. The van der Waals surface area contributed by atoms with Crippen LogP contribution >= 0.6 is 0 Å². The number of hydrogen-bond donors (Lipinski definition) is 2. The van der Waals surface area contributed by atoms with Crippen LogP contribution in [0, 0.1) is 17.3 Å². The van der Waals surface area contributed by atoms with Crippen molar-refractivity contribution in [3.8, 4) is 5.75 Å². The van der Waals surface area contributed by atoms with Gasteiger partial charge in [-0.3, -0.25) is 4.99 Å². The van der Waals surface area contributed by atoms with Gasteiger partial charge >= 0.3 is 0 Å². The van der Waals surface area contributed by atoms with Gasteiger partial charge in [0.05, 0.1) is 18.7 Å². The second-order valence-electron chi connectivity index (χ2n) is 9.70. The summed E-state index contributed by atoms with van der Waals surface area (Å²) in [5.41, 5.74) is 1.34. The van der Waals surface area contributed by atoms with Gasteiger partial charge in [-0.1, -0.05) is 39.0 Å². The molecule has 1 aromatic rings. The molecule has 4 nitrogen and oxygen atoms in total. The Balaban J connectivity index is 2.04. The molecule has 0 aromatic heterocycles. The fourth-order valence-electron chi connectivity index (χ4n) is 4.85. The van der Waals surface area contributed by atoms with Crippen molar-refractivity contribution in [1.29, 1.82) is 0 Å². The maximum atomic E-state index is 5.65. The summed E-state index contributed by atoms with van der Waals surface area (Å²) < 4.78 is 5.65. The predicted octanol–water partition coefficient (Wildman–Crippen LogP) is 4.18. The molecule has 1 saturated heterocycles. The van der Waals surface area contributed by atoms with Gasteiger partial charge in [0.15, 0.2) is 0 Å². The summed E-state index contributed by atoms with van der Waals surface area (Å²) in [4.78, 5) is 5.09. The second-order valence-corrected chi connectivity index (χ2v) is 9.70. The summed E-state index contributed by atoms with van der Waals surface area (Å²) in [7, 11) is 1.74. The molecule has 4 heteroatoms. The molecule has 0 radical (unpaired) electrons. The number of ether oxygens (including phenoxy) is 1. The first-order chi connectivity index (χ1) is 12.1. The third-order valence-electron chi connectivity index (χ3n) is 5.93. The van der Waals surface area contributed by atoms with Gasteiger partial charge in [-0.2, -0.15) is 0 Å². The number of amidine groups is 1. The summed E-state index contributed by atoms with van der Waals surface area (Å²) in [5, 5.41) is 7.69. The van der Waals surface area contributed by atoms with Crippen LogP contribution in [0.1, 0.15) is 59.6 Å². The molecule has 144 valence electrons. The zero-order chi connectivity index (χ0) is 19.1. The third-order valence-corrected chi connectivity index (χ3v) is 5.93. The van der Waals surface area contributed by atoms with E-state index in [2.05, 4.69) is 64.3 Å². The largest absolute Gasteiger partial charge is 0.496 e. The molecule has 0 spiro atoms. The lowest BCUT2D eigenvalue weighted by molar-refractivity contribution is 0.236. The molecule has 0 amide bonds. The molecule has 2 N–H and O–H groups in total. The number of nitrogens with zero attached hydrogens (tertiary/aromatic N) is 1. The maximum absolute atomic E-state index is 5.65. The fraction of sp³-hybridized carbons (Fsp3) is 0.682. The Kier molecular flexibility index (Phi) is 5.08. The summed E-state index contributed by atoms with van der Waals surface area (Å²) in [6, 6.07) is 8.76. The van der Waals surface area contributed by atoms with Gasteiger partial charge in [0, 0.05) is 18.2 Å². The van der Waals surface area contributed by atoms with Crippen LogP contribution in [-0.4, -0.2) is 31.1 Å². The average molecular weight is 358 g/mol. The van der Waals surface area contributed by atoms with E-state index in [4.69, 9.17) is 9.73 Å². The first kappa shape index (κ1) is 19.2. The number of nitrogens with one attached hydrogen (secondary N) is 2. The number of benzene rings is 1. The van der Waals surface area contributed by atoms with E-state index in [1.165, 1.54) is 6.42 Å². The lowest BCUT2D eigenvalue weighted by Gasteiger charge is -2.29. The predicted molar refractivity (Wildman–Crippen MR) is 109 cm³/mol. The minimum absolute atomic E-state index is 0.0268. The number of para-hydroxylation sites is 1. The van der Waals surface area contributed by atoms with E-state index in [1.807, 2.05) is 12.1 Å². The van der Waals surface area contributed by atoms with Gasteiger partial charge in [-0.05, 0) is 50.5 Å². The van der Waals surface area contributed by atoms with E-state index >= 15 is 0 Å². The van der Waals surface area contributed by atoms with Crippen LogP contribution in [0.25, 0.3) is 0 Å².